The molecule has 0 bridgehead atoms. The van der Waals surface area contributed by atoms with Crippen LogP contribution < -0.4 is 26.6 Å². The lowest BCUT2D eigenvalue weighted by Crippen LogP contribution is -2.54. The van der Waals surface area contributed by atoms with Gasteiger partial charge in [0.25, 0.3) is 0 Å². The Kier molecular flexibility index (Phi) is 15.9. The number of nitrogens with zero attached hydrogens (tertiary/aromatic N) is 2. The number of ether oxygens (including phenoxy) is 1. The molecule has 0 spiro atoms. The topological polar surface area (TPSA) is 137 Å². The Morgan fingerprint density at radius 1 is 0.920 bits per heavy atom. The molecule has 0 radical (unpaired) electrons. The highest BCUT2D eigenvalue weighted by Crippen LogP contribution is 2.26. The number of carbonyl (C=O) groups excluding carboxylic acids is 3. The monoisotopic (exact) mass is 721 g/mol. The van der Waals surface area contributed by atoms with Gasteiger partial charge in [0, 0.05) is 31.0 Å². The first kappa shape index (κ1) is 38.7. The molecule has 270 valence electrons. The summed E-state index contributed by atoms with van der Waals surface area (Å²) in [5.41, 5.74) is 4.86. The van der Waals surface area contributed by atoms with Gasteiger partial charge in [0.15, 0.2) is 0 Å². The van der Waals surface area contributed by atoms with Crippen molar-refractivity contribution in [2.75, 3.05) is 27.2 Å². The highest BCUT2D eigenvalue weighted by atomic mass is 32.2. The summed E-state index contributed by atoms with van der Waals surface area (Å²) >= 11 is 3.16. The Bertz CT molecular complexity index is 1490. The van der Waals surface area contributed by atoms with Crippen molar-refractivity contribution in [3.05, 3.63) is 99.5 Å². The number of hydrogen-bond acceptors (Lipinski definition) is 9. The van der Waals surface area contributed by atoms with Crippen LogP contribution in [0.15, 0.2) is 83.5 Å². The van der Waals surface area contributed by atoms with E-state index in [1.54, 1.807) is 35.4 Å². The van der Waals surface area contributed by atoms with Gasteiger partial charge in [-0.15, -0.1) is 23.1 Å². The summed E-state index contributed by atoms with van der Waals surface area (Å²) in [4.78, 5) is 46.6. The first-order valence-electron chi connectivity index (χ1n) is 17.2. The van der Waals surface area contributed by atoms with Gasteiger partial charge in [0.05, 0.1) is 22.3 Å². The Morgan fingerprint density at radius 2 is 1.56 bits per heavy atom. The molecule has 50 heavy (non-hydrogen) atoms. The number of thiazole rings is 1. The third-order valence-corrected chi connectivity index (χ3v) is 10.5. The highest BCUT2D eigenvalue weighted by Gasteiger charge is 2.27. The highest BCUT2D eigenvalue weighted by molar-refractivity contribution is 8.03. The standard InChI is InChI=1S/C37H51N7O4S2/c1-26(2)35-41-31(24-49-35)22-44(4)36(46)43-33(17-18-38-3)34(45)40-29(19-27-11-7-5-8-12-27)15-16-30(20-28-13-9-6-10-14-28)42-37(47)48-23-32-21-39-25-50-32/h5-14,21,24-26,29-30,33,35,38,41H,15-20,22-23H2,1-4H3,(H,40,45)(H,42,47)(H,43,46)/t29-,30-,33+,35+/m1/s1. The van der Waals surface area contributed by atoms with E-state index in [0.29, 0.717) is 51.1 Å². The summed E-state index contributed by atoms with van der Waals surface area (Å²) in [5, 5.41) is 18.2. The smallest absolute Gasteiger partial charge is 0.407 e. The van der Waals surface area contributed by atoms with Crippen LogP contribution in [-0.2, 0) is 29.0 Å². The lowest BCUT2D eigenvalue weighted by molar-refractivity contribution is -0.123. The van der Waals surface area contributed by atoms with Gasteiger partial charge in [-0.3, -0.25) is 9.78 Å². The van der Waals surface area contributed by atoms with Crippen molar-refractivity contribution < 1.29 is 19.1 Å². The summed E-state index contributed by atoms with van der Waals surface area (Å²) in [6, 6.07) is 18.5. The van der Waals surface area contributed by atoms with Crippen molar-refractivity contribution in [2.24, 2.45) is 5.92 Å². The number of amides is 4. The maximum atomic E-state index is 13.9. The van der Waals surface area contributed by atoms with E-state index in [9.17, 15) is 14.4 Å². The van der Waals surface area contributed by atoms with E-state index in [2.05, 4.69) is 50.8 Å². The van der Waals surface area contributed by atoms with Crippen molar-refractivity contribution in [3.8, 4) is 0 Å². The van der Waals surface area contributed by atoms with Crippen LogP contribution in [0.3, 0.4) is 0 Å². The average molecular weight is 722 g/mol. The summed E-state index contributed by atoms with van der Waals surface area (Å²) < 4.78 is 5.50. The minimum absolute atomic E-state index is 0.154. The number of likely N-dealkylation sites (N-methyl/N-ethyl adjacent to an activating group) is 1. The van der Waals surface area contributed by atoms with Crippen LogP contribution in [0.2, 0.25) is 0 Å². The van der Waals surface area contributed by atoms with E-state index >= 15 is 0 Å². The number of benzene rings is 2. The zero-order chi connectivity index (χ0) is 35.7. The number of alkyl carbamates (subject to hydrolysis) is 1. The van der Waals surface area contributed by atoms with Gasteiger partial charge in [-0.2, -0.15) is 0 Å². The third kappa shape index (κ3) is 13.3. The zero-order valence-electron chi connectivity index (χ0n) is 29.4. The van der Waals surface area contributed by atoms with Gasteiger partial charge in [-0.1, -0.05) is 74.5 Å². The summed E-state index contributed by atoms with van der Waals surface area (Å²) in [5.74, 6) is 0.215. The molecule has 1 aliphatic heterocycles. The summed E-state index contributed by atoms with van der Waals surface area (Å²) in [6.07, 6.45) is 4.01. The lowest BCUT2D eigenvalue weighted by atomic mass is 9.95. The lowest BCUT2D eigenvalue weighted by Gasteiger charge is -2.27. The molecule has 0 unspecified atom stereocenters. The van der Waals surface area contributed by atoms with Gasteiger partial charge < -0.3 is 36.2 Å². The minimum Gasteiger partial charge on any atom is -0.444 e. The minimum atomic E-state index is -0.737. The second-order valence-corrected chi connectivity index (χ2v) is 14.9. The summed E-state index contributed by atoms with van der Waals surface area (Å²) in [6.45, 7) is 5.45. The molecule has 11 nitrogen and oxygen atoms in total. The van der Waals surface area contributed by atoms with E-state index < -0.39 is 12.1 Å². The molecule has 0 fully saturated rings. The predicted molar refractivity (Wildman–Crippen MR) is 202 cm³/mol. The Balaban J connectivity index is 1.42. The molecule has 13 heteroatoms. The average Bonchev–Trinajstić information content (AvgIpc) is 3.82. The Hall–Kier alpha value is -4.07. The van der Waals surface area contributed by atoms with Crippen molar-refractivity contribution in [3.63, 3.8) is 0 Å². The van der Waals surface area contributed by atoms with E-state index in [1.165, 1.54) is 11.3 Å². The van der Waals surface area contributed by atoms with Crippen molar-refractivity contribution >= 4 is 41.1 Å². The second-order valence-electron chi connectivity index (χ2n) is 12.9. The van der Waals surface area contributed by atoms with Crippen LogP contribution >= 0.6 is 23.1 Å². The maximum absolute atomic E-state index is 13.9. The van der Waals surface area contributed by atoms with E-state index in [0.717, 1.165) is 21.7 Å². The molecule has 2 aromatic carbocycles. The SMILES string of the molecule is CNCC[C@H](NC(=O)N(C)CC1=CS[C@@H](C(C)C)N1)C(=O)N[C@H](CC[C@H](Cc1ccccc1)NC(=O)OCc1cncs1)Cc1ccccc1. The second kappa shape index (κ2) is 20.6. The number of rotatable bonds is 19. The van der Waals surface area contributed by atoms with Crippen molar-refractivity contribution in [2.45, 2.75) is 76.1 Å². The Morgan fingerprint density at radius 3 is 2.12 bits per heavy atom. The normalized spacial score (nSPS) is 15.7. The van der Waals surface area contributed by atoms with Crippen LogP contribution in [0.5, 0.6) is 0 Å². The fraction of sp³-hybridized carbons (Fsp3) is 0.459. The Labute approximate surface area is 304 Å². The molecular formula is C37H51N7O4S2. The molecule has 1 aromatic heterocycles. The maximum Gasteiger partial charge on any atom is 0.407 e. The molecule has 0 saturated heterocycles. The summed E-state index contributed by atoms with van der Waals surface area (Å²) in [7, 11) is 3.56. The first-order valence-corrected chi connectivity index (χ1v) is 19.0. The molecular weight excluding hydrogens is 671 g/mol. The number of hydrogen-bond donors (Lipinski definition) is 5. The van der Waals surface area contributed by atoms with Gasteiger partial charge in [0.1, 0.15) is 12.6 Å². The molecule has 2 heterocycles. The van der Waals surface area contributed by atoms with Gasteiger partial charge >= 0.3 is 12.1 Å². The van der Waals surface area contributed by atoms with Gasteiger partial charge in [0.2, 0.25) is 5.91 Å². The van der Waals surface area contributed by atoms with Crippen molar-refractivity contribution in [1.82, 2.24) is 36.5 Å². The quantitative estimate of drug-likeness (QED) is 0.113. The van der Waals surface area contributed by atoms with E-state index in [-0.39, 0.29) is 36.0 Å². The van der Waals surface area contributed by atoms with Crippen LogP contribution in [-0.4, -0.2) is 78.6 Å². The van der Waals surface area contributed by atoms with Crippen LogP contribution in [0.1, 0.15) is 49.1 Å². The molecule has 3 aromatic rings. The van der Waals surface area contributed by atoms with E-state index in [4.69, 9.17) is 4.74 Å². The molecule has 0 aliphatic carbocycles. The largest absolute Gasteiger partial charge is 0.444 e. The number of nitrogens with one attached hydrogen (secondary N) is 5. The van der Waals surface area contributed by atoms with E-state index in [1.807, 2.05) is 67.7 Å². The van der Waals surface area contributed by atoms with Crippen molar-refractivity contribution in [1.29, 1.82) is 0 Å². The van der Waals surface area contributed by atoms with Crippen LogP contribution in [0.4, 0.5) is 9.59 Å². The zero-order valence-corrected chi connectivity index (χ0v) is 31.0. The molecule has 0 saturated carbocycles. The number of carbonyl (C=O) groups is 3. The fourth-order valence-corrected chi connectivity index (χ4v) is 7.06. The molecule has 4 rings (SSSR count). The fourth-order valence-electron chi connectivity index (χ4n) is 5.57. The third-order valence-electron chi connectivity index (χ3n) is 8.35. The molecule has 4 atom stereocenters. The van der Waals surface area contributed by atoms with Gasteiger partial charge in [-0.05, 0) is 68.1 Å². The van der Waals surface area contributed by atoms with Crippen LogP contribution in [0, 0.1) is 5.92 Å². The molecule has 4 amide bonds. The number of urea groups is 1. The molecule has 1 aliphatic rings. The molecule has 5 N–H and O–H groups in total. The van der Waals surface area contributed by atoms with Crippen LogP contribution in [0.25, 0.3) is 0 Å². The number of thioether (sulfide) groups is 1. The number of aromatic nitrogens is 1. The predicted octanol–water partition coefficient (Wildman–Crippen LogP) is 5.27. The first-order chi connectivity index (χ1) is 24.2. The van der Waals surface area contributed by atoms with Gasteiger partial charge in [-0.25, -0.2) is 9.59 Å².